The third-order valence-corrected chi connectivity index (χ3v) is 3.25. The molecule has 1 fully saturated rings. The first-order valence-corrected chi connectivity index (χ1v) is 7.15. The Morgan fingerprint density at radius 1 is 1.42 bits per heavy atom. The summed E-state index contributed by atoms with van der Waals surface area (Å²) in [7, 11) is 0. The molecule has 6 heteroatoms. The molecule has 1 aromatic carbocycles. The zero-order chi connectivity index (χ0) is 13.7. The first-order valence-electron chi connectivity index (χ1n) is 6.03. The van der Waals surface area contributed by atoms with Gasteiger partial charge in [0.1, 0.15) is 12.8 Å². The zero-order valence-corrected chi connectivity index (χ0v) is 11.9. The summed E-state index contributed by atoms with van der Waals surface area (Å²) in [5.74, 6) is -0.347. The second kappa shape index (κ2) is 6.68. The quantitative estimate of drug-likeness (QED) is 0.647. The molecule has 1 aliphatic rings. The van der Waals surface area contributed by atoms with E-state index < -0.39 is 0 Å². The second-order valence-electron chi connectivity index (χ2n) is 4.14. The highest BCUT2D eigenvalue weighted by molar-refractivity contribution is 9.09. The van der Waals surface area contributed by atoms with Crippen LogP contribution < -0.4 is 5.32 Å². The number of carbonyl (C=O) groups is 2. The number of esters is 1. The molecule has 1 aliphatic heterocycles. The van der Waals surface area contributed by atoms with E-state index in [9.17, 15) is 9.59 Å². The lowest BCUT2D eigenvalue weighted by molar-refractivity contribution is -0.128. The molecule has 0 aromatic heterocycles. The minimum Gasteiger partial charge on any atom is -0.458 e. The van der Waals surface area contributed by atoms with Crippen molar-refractivity contribution in [2.24, 2.45) is 0 Å². The largest absolute Gasteiger partial charge is 0.458 e. The fraction of sp³-hybridized carbons (Fsp3) is 0.385. The molecule has 5 nitrogen and oxygen atoms in total. The minimum absolute atomic E-state index is 0.0280. The van der Waals surface area contributed by atoms with E-state index in [2.05, 4.69) is 21.2 Å². The van der Waals surface area contributed by atoms with Gasteiger partial charge in [-0.2, -0.15) is 0 Å². The summed E-state index contributed by atoms with van der Waals surface area (Å²) in [6, 6.07) is 8.81. The molecular weight excluding hydrogens is 312 g/mol. The maximum atomic E-state index is 11.8. The predicted molar refractivity (Wildman–Crippen MR) is 74.0 cm³/mol. The van der Waals surface area contributed by atoms with Crippen LogP contribution in [0.1, 0.15) is 10.4 Å². The van der Waals surface area contributed by atoms with Gasteiger partial charge in [-0.25, -0.2) is 4.79 Å². The number of ether oxygens (including phenoxy) is 1. The molecule has 0 bridgehead atoms. The molecular formula is C13H15BrN2O3. The van der Waals surface area contributed by atoms with Gasteiger partial charge in [0, 0.05) is 11.9 Å². The molecule has 0 saturated carbocycles. The lowest BCUT2D eigenvalue weighted by atomic mass is 10.2. The Bertz CT molecular complexity index is 452. The first kappa shape index (κ1) is 14.0. The van der Waals surface area contributed by atoms with Gasteiger partial charge in [0.05, 0.1) is 12.1 Å². The number of benzene rings is 1. The highest BCUT2D eigenvalue weighted by Crippen LogP contribution is 2.08. The standard InChI is InChI=1S/C13H15BrN2O3/c14-6-7-16-11(15-8-12(16)17)9-19-13(18)10-4-2-1-3-5-10/h1-5,11,15H,6-9H2. The molecule has 0 radical (unpaired) electrons. The van der Waals surface area contributed by atoms with Crippen molar-refractivity contribution >= 4 is 27.8 Å². The molecule has 1 N–H and O–H groups in total. The van der Waals surface area contributed by atoms with Crippen LogP contribution in [-0.2, 0) is 9.53 Å². The number of halogens is 1. The molecule has 0 spiro atoms. The minimum atomic E-state index is -0.374. The molecule has 1 unspecified atom stereocenters. The van der Waals surface area contributed by atoms with Crippen molar-refractivity contribution in [3.8, 4) is 0 Å². The van der Waals surface area contributed by atoms with Crippen LogP contribution in [0.4, 0.5) is 0 Å². The molecule has 102 valence electrons. The number of nitrogens with zero attached hydrogens (tertiary/aromatic N) is 1. The van der Waals surface area contributed by atoms with Gasteiger partial charge in [0.15, 0.2) is 0 Å². The Morgan fingerprint density at radius 2 is 2.16 bits per heavy atom. The van der Waals surface area contributed by atoms with Crippen molar-refractivity contribution in [3.05, 3.63) is 35.9 Å². The fourth-order valence-corrected chi connectivity index (χ4v) is 2.31. The molecule has 1 atom stereocenters. The normalized spacial score (nSPS) is 18.7. The Labute approximate surface area is 120 Å². The van der Waals surface area contributed by atoms with Crippen LogP contribution in [-0.4, -0.2) is 48.0 Å². The Balaban J connectivity index is 1.88. The van der Waals surface area contributed by atoms with Crippen molar-refractivity contribution < 1.29 is 14.3 Å². The maximum Gasteiger partial charge on any atom is 0.338 e. The molecule has 1 heterocycles. The van der Waals surface area contributed by atoms with Crippen LogP contribution in [0.5, 0.6) is 0 Å². The van der Waals surface area contributed by atoms with Gasteiger partial charge in [-0.1, -0.05) is 34.1 Å². The SMILES string of the molecule is O=C(OCC1NCC(=O)N1CCBr)c1ccccc1. The fourth-order valence-electron chi connectivity index (χ4n) is 1.92. The van der Waals surface area contributed by atoms with E-state index >= 15 is 0 Å². The van der Waals surface area contributed by atoms with Gasteiger partial charge >= 0.3 is 5.97 Å². The highest BCUT2D eigenvalue weighted by Gasteiger charge is 2.30. The molecule has 0 aliphatic carbocycles. The summed E-state index contributed by atoms with van der Waals surface area (Å²) in [5, 5.41) is 3.72. The molecule has 19 heavy (non-hydrogen) atoms. The maximum absolute atomic E-state index is 11.8. The van der Waals surface area contributed by atoms with Crippen molar-refractivity contribution in [2.45, 2.75) is 6.17 Å². The van der Waals surface area contributed by atoms with Crippen LogP contribution in [0.2, 0.25) is 0 Å². The van der Waals surface area contributed by atoms with Gasteiger partial charge in [0.25, 0.3) is 0 Å². The number of rotatable bonds is 5. The van der Waals surface area contributed by atoms with E-state index in [1.54, 1.807) is 29.2 Å². The van der Waals surface area contributed by atoms with Gasteiger partial charge in [-0.3, -0.25) is 10.1 Å². The third kappa shape index (κ3) is 3.54. The molecule has 2 rings (SSSR count). The van der Waals surface area contributed by atoms with Crippen molar-refractivity contribution in [1.82, 2.24) is 10.2 Å². The zero-order valence-electron chi connectivity index (χ0n) is 10.3. The number of hydrogen-bond acceptors (Lipinski definition) is 4. The topological polar surface area (TPSA) is 58.6 Å². The van der Waals surface area contributed by atoms with Gasteiger partial charge in [0.2, 0.25) is 5.91 Å². The van der Waals surface area contributed by atoms with Crippen LogP contribution in [0.25, 0.3) is 0 Å². The van der Waals surface area contributed by atoms with E-state index in [1.807, 2.05) is 6.07 Å². The average molecular weight is 327 g/mol. The van der Waals surface area contributed by atoms with Crippen LogP contribution >= 0.6 is 15.9 Å². The highest BCUT2D eigenvalue weighted by atomic mass is 79.9. The van der Waals surface area contributed by atoms with E-state index in [0.29, 0.717) is 24.0 Å². The smallest absolute Gasteiger partial charge is 0.338 e. The lowest BCUT2D eigenvalue weighted by Gasteiger charge is -2.23. The Kier molecular flexibility index (Phi) is 4.93. The van der Waals surface area contributed by atoms with Gasteiger partial charge in [-0.15, -0.1) is 0 Å². The second-order valence-corrected chi connectivity index (χ2v) is 4.93. The first-order chi connectivity index (χ1) is 9.22. The third-order valence-electron chi connectivity index (χ3n) is 2.89. The average Bonchev–Trinajstić information content (AvgIpc) is 2.79. The van der Waals surface area contributed by atoms with E-state index in [-0.39, 0.29) is 24.6 Å². The number of carbonyl (C=O) groups excluding carboxylic acids is 2. The number of nitrogens with one attached hydrogen (secondary N) is 1. The number of alkyl halides is 1. The van der Waals surface area contributed by atoms with E-state index in [1.165, 1.54) is 0 Å². The number of amides is 1. The molecule has 1 aromatic rings. The van der Waals surface area contributed by atoms with Crippen LogP contribution in [0.15, 0.2) is 30.3 Å². The van der Waals surface area contributed by atoms with Crippen molar-refractivity contribution in [3.63, 3.8) is 0 Å². The van der Waals surface area contributed by atoms with Gasteiger partial charge < -0.3 is 9.64 Å². The summed E-state index contributed by atoms with van der Waals surface area (Å²) in [4.78, 5) is 25.0. The monoisotopic (exact) mass is 326 g/mol. The molecule has 1 saturated heterocycles. The summed E-state index contributed by atoms with van der Waals surface area (Å²) in [5.41, 5.74) is 0.513. The van der Waals surface area contributed by atoms with Crippen LogP contribution in [0.3, 0.4) is 0 Å². The predicted octanol–water partition coefficient (Wildman–Crippen LogP) is 0.996. The van der Waals surface area contributed by atoms with Crippen LogP contribution in [0, 0.1) is 0 Å². The van der Waals surface area contributed by atoms with Crippen molar-refractivity contribution in [2.75, 3.05) is 25.0 Å². The summed E-state index contributed by atoms with van der Waals surface area (Å²) < 4.78 is 5.23. The van der Waals surface area contributed by atoms with E-state index in [4.69, 9.17) is 4.74 Å². The van der Waals surface area contributed by atoms with E-state index in [0.717, 1.165) is 0 Å². The summed E-state index contributed by atoms with van der Waals surface area (Å²) in [6.07, 6.45) is -0.238. The number of hydrogen-bond donors (Lipinski definition) is 1. The summed E-state index contributed by atoms with van der Waals surface area (Å²) >= 11 is 3.30. The lowest BCUT2D eigenvalue weighted by Crippen LogP contribution is -2.42. The van der Waals surface area contributed by atoms with Gasteiger partial charge in [-0.05, 0) is 12.1 Å². The Morgan fingerprint density at radius 3 is 2.84 bits per heavy atom. The Hall–Kier alpha value is -1.40. The molecule has 1 amide bonds. The van der Waals surface area contributed by atoms with Crippen molar-refractivity contribution in [1.29, 1.82) is 0 Å². The summed E-state index contributed by atoms with van der Waals surface area (Å²) in [6.45, 7) is 1.05.